The van der Waals surface area contributed by atoms with Crippen LogP contribution in [0.25, 0.3) is 6.08 Å². The lowest BCUT2D eigenvalue weighted by molar-refractivity contribution is 0.246. The highest BCUT2D eigenvalue weighted by Gasteiger charge is 1.83. The predicted molar refractivity (Wildman–Crippen MR) is 82.8 cm³/mol. The molecule has 0 aliphatic carbocycles. The number of hydrogen-bond donors (Lipinski definition) is 0. The summed E-state index contributed by atoms with van der Waals surface area (Å²) in [5.74, 6) is 0. The van der Waals surface area contributed by atoms with E-state index in [1.54, 1.807) is 6.26 Å². The lowest BCUT2D eigenvalue weighted by Crippen LogP contribution is -1.84. The highest BCUT2D eigenvalue weighted by Crippen LogP contribution is 2.01. The number of hydrogen-bond acceptors (Lipinski definition) is 1. The summed E-state index contributed by atoms with van der Waals surface area (Å²) in [7, 11) is 0. The third-order valence-electron chi connectivity index (χ3n) is 2.44. The molecule has 0 saturated carbocycles. The molecule has 2 rings (SSSR count). The minimum absolute atomic E-state index is 0.819. The summed E-state index contributed by atoms with van der Waals surface area (Å²) in [4.78, 5) is 0. The van der Waals surface area contributed by atoms with Crippen LogP contribution >= 0.6 is 0 Å². The Morgan fingerprint density at radius 1 is 0.842 bits per heavy atom. The quantitative estimate of drug-likeness (QED) is 0.529. The molecule has 1 heteroatoms. The number of unbranched alkanes of at least 4 members (excludes halogenated alkanes) is 1. The van der Waals surface area contributed by atoms with Gasteiger partial charge < -0.3 is 4.74 Å². The zero-order chi connectivity index (χ0) is 13.6. The Bertz CT molecular complexity index is 393. The summed E-state index contributed by atoms with van der Waals surface area (Å²) >= 11 is 0. The lowest BCUT2D eigenvalue weighted by atomic mass is 10.2. The second kappa shape index (κ2) is 11.1. The molecule has 2 aromatic rings. The standard InChI is InChI=1S/C12H16O.C6H6/c1-2-3-10-13-11-9-12-7-5-4-6-8-12;1-2-4-6-5-3-1/h4-9,11H,2-3,10H2,1H3;1-6H. The van der Waals surface area contributed by atoms with E-state index in [2.05, 4.69) is 19.1 Å². The smallest absolute Gasteiger partial charge is 0.0873 e. The average molecular weight is 254 g/mol. The van der Waals surface area contributed by atoms with Gasteiger partial charge in [0, 0.05) is 0 Å². The van der Waals surface area contributed by atoms with Crippen LogP contribution in [0, 0.1) is 0 Å². The van der Waals surface area contributed by atoms with Crippen molar-refractivity contribution in [2.45, 2.75) is 19.8 Å². The van der Waals surface area contributed by atoms with Gasteiger partial charge in [0.1, 0.15) is 0 Å². The first kappa shape index (κ1) is 15.0. The summed E-state index contributed by atoms with van der Waals surface area (Å²) < 4.78 is 5.30. The predicted octanol–water partition coefficient (Wildman–Crippen LogP) is 5.16. The van der Waals surface area contributed by atoms with Gasteiger partial charge in [-0.05, 0) is 18.1 Å². The molecule has 0 fully saturated rings. The maximum atomic E-state index is 5.30. The molecule has 2 aromatic carbocycles. The molecule has 0 unspecified atom stereocenters. The van der Waals surface area contributed by atoms with Crippen molar-refractivity contribution in [1.82, 2.24) is 0 Å². The molecular weight excluding hydrogens is 232 g/mol. The molecule has 0 heterocycles. The van der Waals surface area contributed by atoms with Gasteiger partial charge in [-0.1, -0.05) is 80.1 Å². The van der Waals surface area contributed by atoms with E-state index in [-0.39, 0.29) is 0 Å². The molecule has 19 heavy (non-hydrogen) atoms. The fourth-order valence-corrected chi connectivity index (χ4v) is 1.37. The lowest BCUT2D eigenvalue weighted by Gasteiger charge is -1.97. The van der Waals surface area contributed by atoms with Crippen molar-refractivity contribution in [3.8, 4) is 0 Å². The Hall–Kier alpha value is -2.02. The first-order chi connectivity index (χ1) is 9.43. The van der Waals surface area contributed by atoms with Gasteiger partial charge in [0.15, 0.2) is 0 Å². The minimum Gasteiger partial charge on any atom is -0.501 e. The molecule has 0 bridgehead atoms. The Morgan fingerprint density at radius 3 is 1.89 bits per heavy atom. The normalized spacial score (nSPS) is 9.74. The topological polar surface area (TPSA) is 9.23 Å². The largest absolute Gasteiger partial charge is 0.501 e. The second-order valence-corrected chi connectivity index (χ2v) is 4.09. The van der Waals surface area contributed by atoms with Gasteiger partial charge in [0.25, 0.3) is 0 Å². The van der Waals surface area contributed by atoms with Gasteiger partial charge in [-0.25, -0.2) is 0 Å². The highest BCUT2D eigenvalue weighted by molar-refractivity contribution is 5.47. The van der Waals surface area contributed by atoms with Crippen molar-refractivity contribution in [1.29, 1.82) is 0 Å². The van der Waals surface area contributed by atoms with Crippen LogP contribution in [-0.2, 0) is 4.74 Å². The van der Waals surface area contributed by atoms with Crippen molar-refractivity contribution in [2.75, 3.05) is 6.61 Å². The molecule has 0 aliphatic heterocycles. The molecule has 0 atom stereocenters. The van der Waals surface area contributed by atoms with Gasteiger partial charge >= 0.3 is 0 Å². The summed E-state index contributed by atoms with van der Waals surface area (Å²) in [6, 6.07) is 22.2. The van der Waals surface area contributed by atoms with Crippen molar-refractivity contribution in [3.05, 3.63) is 78.6 Å². The van der Waals surface area contributed by atoms with Crippen LogP contribution in [0.1, 0.15) is 25.3 Å². The van der Waals surface area contributed by atoms with E-state index in [0.717, 1.165) is 13.0 Å². The average Bonchev–Trinajstić information content (AvgIpc) is 2.51. The van der Waals surface area contributed by atoms with Crippen LogP contribution in [0.2, 0.25) is 0 Å². The summed E-state index contributed by atoms with van der Waals surface area (Å²) in [5.41, 5.74) is 1.18. The molecule has 0 spiro atoms. The van der Waals surface area contributed by atoms with E-state index in [0.29, 0.717) is 0 Å². The number of ether oxygens (including phenoxy) is 1. The zero-order valence-electron chi connectivity index (χ0n) is 11.5. The third-order valence-corrected chi connectivity index (χ3v) is 2.44. The van der Waals surface area contributed by atoms with Gasteiger partial charge in [0.05, 0.1) is 12.9 Å². The molecule has 0 radical (unpaired) electrons. The van der Waals surface area contributed by atoms with Crippen LogP contribution in [0.15, 0.2) is 73.0 Å². The van der Waals surface area contributed by atoms with Crippen molar-refractivity contribution in [3.63, 3.8) is 0 Å². The maximum Gasteiger partial charge on any atom is 0.0873 e. The van der Waals surface area contributed by atoms with Crippen LogP contribution in [0.4, 0.5) is 0 Å². The summed E-state index contributed by atoms with van der Waals surface area (Å²) in [5, 5.41) is 0. The summed E-state index contributed by atoms with van der Waals surface area (Å²) in [6.07, 6.45) is 6.05. The van der Waals surface area contributed by atoms with Gasteiger partial charge in [-0.2, -0.15) is 0 Å². The van der Waals surface area contributed by atoms with E-state index < -0.39 is 0 Å². The van der Waals surface area contributed by atoms with Crippen molar-refractivity contribution in [2.24, 2.45) is 0 Å². The van der Waals surface area contributed by atoms with Gasteiger partial charge in [-0.15, -0.1) is 0 Å². The molecule has 0 aliphatic rings. The Labute approximate surface area is 116 Å². The van der Waals surface area contributed by atoms with Crippen LogP contribution in [0.3, 0.4) is 0 Å². The summed E-state index contributed by atoms with van der Waals surface area (Å²) in [6.45, 7) is 2.98. The molecule has 0 aromatic heterocycles. The third kappa shape index (κ3) is 8.67. The number of rotatable bonds is 5. The molecule has 0 saturated heterocycles. The molecular formula is C18H22O. The molecule has 0 N–H and O–H groups in total. The zero-order valence-corrected chi connectivity index (χ0v) is 11.5. The van der Waals surface area contributed by atoms with E-state index in [1.165, 1.54) is 12.0 Å². The van der Waals surface area contributed by atoms with Crippen LogP contribution in [-0.4, -0.2) is 6.61 Å². The van der Waals surface area contributed by atoms with E-state index in [9.17, 15) is 0 Å². The monoisotopic (exact) mass is 254 g/mol. The molecule has 100 valence electrons. The Kier molecular flexibility index (Phi) is 8.78. The van der Waals surface area contributed by atoms with Crippen LogP contribution in [0.5, 0.6) is 0 Å². The van der Waals surface area contributed by atoms with Gasteiger partial charge in [-0.3, -0.25) is 0 Å². The first-order valence-electron chi connectivity index (χ1n) is 6.76. The SMILES string of the molecule is CCCCOC=Cc1ccccc1.c1ccccc1. The van der Waals surface area contributed by atoms with Crippen LogP contribution < -0.4 is 0 Å². The van der Waals surface area contributed by atoms with Crippen molar-refractivity contribution < 1.29 is 4.74 Å². The highest BCUT2D eigenvalue weighted by atomic mass is 16.5. The van der Waals surface area contributed by atoms with Crippen molar-refractivity contribution >= 4 is 6.08 Å². The Balaban J connectivity index is 0.000000250. The molecule has 1 nitrogen and oxygen atoms in total. The number of benzene rings is 2. The fourth-order valence-electron chi connectivity index (χ4n) is 1.37. The van der Waals surface area contributed by atoms with Gasteiger partial charge in [0.2, 0.25) is 0 Å². The first-order valence-corrected chi connectivity index (χ1v) is 6.76. The minimum atomic E-state index is 0.819. The maximum absolute atomic E-state index is 5.30. The fraction of sp³-hybridized carbons (Fsp3) is 0.222. The molecule has 0 amide bonds. The van der Waals surface area contributed by atoms with E-state index in [4.69, 9.17) is 4.74 Å². The van der Waals surface area contributed by atoms with E-state index >= 15 is 0 Å². The van der Waals surface area contributed by atoms with E-state index in [1.807, 2.05) is 60.7 Å². The second-order valence-electron chi connectivity index (χ2n) is 4.09. The Morgan fingerprint density at radius 2 is 1.37 bits per heavy atom.